The number of hydrogen-bond donors (Lipinski definition) is 1. The van der Waals surface area contributed by atoms with Gasteiger partial charge in [-0.3, -0.25) is 0 Å². The lowest BCUT2D eigenvalue weighted by atomic mass is 9.91. The van der Waals surface area contributed by atoms with E-state index in [0.29, 0.717) is 0 Å². The smallest absolute Gasteiger partial charge is 0.101 e. The molecule has 0 rings (SSSR count). The van der Waals surface area contributed by atoms with Gasteiger partial charge in [0, 0.05) is 5.92 Å². The second-order valence-corrected chi connectivity index (χ2v) is 2.82. The lowest BCUT2D eigenvalue weighted by molar-refractivity contribution is 0.131. The van der Waals surface area contributed by atoms with Gasteiger partial charge in [-0.2, -0.15) is 0 Å². The molecule has 3 unspecified atom stereocenters. The van der Waals surface area contributed by atoms with E-state index in [4.69, 9.17) is 0 Å². The van der Waals surface area contributed by atoms with Crippen LogP contribution in [-0.2, 0) is 0 Å². The van der Waals surface area contributed by atoms with Crippen LogP contribution >= 0.6 is 0 Å². The van der Waals surface area contributed by atoms with Crippen LogP contribution in [0.4, 0.5) is 0 Å². The Morgan fingerprint density at radius 1 is 1.40 bits per heavy atom. The van der Waals surface area contributed by atoms with Gasteiger partial charge in [0.2, 0.25) is 0 Å². The van der Waals surface area contributed by atoms with Crippen molar-refractivity contribution in [2.24, 2.45) is 11.8 Å². The van der Waals surface area contributed by atoms with Crippen LogP contribution in [0.1, 0.15) is 20.8 Å². The second kappa shape index (κ2) is 4.40. The van der Waals surface area contributed by atoms with Crippen LogP contribution in [0.5, 0.6) is 0 Å². The van der Waals surface area contributed by atoms with Crippen LogP contribution in [-0.4, -0.2) is 11.2 Å². The predicted octanol–water partition coefficient (Wildman–Crippen LogP) is 2.03. The number of rotatable bonds is 3. The Kier molecular flexibility index (Phi) is 4.21. The molecule has 0 heterocycles. The van der Waals surface area contributed by atoms with Gasteiger partial charge in [0.1, 0.15) is 5.92 Å². The Balaban J connectivity index is 3.98. The molecule has 1 nitrogen and oxygen atoms in total. The zero-order valence-electron chi connectivity index (χ0n) is 7.04. The summed E-state index contributed by atoms with van der Waals surface area (Å²) in [4.78, 5) is 0. The van der Waals surface area contributed by atoms with E-state index in [-0.39, 0.29) is 17.9 Å². The summed E-state index contributed by atoms with van der Waals surface area (Å²) < 4.78 is 0. The molecule has 3 atom stereocenters. The van der Waals surface area contributed by atoms with Gasteiger partial charge in [0.05, 0.1) is 13.0 Å². The average Bonchev–Trinajstić information content (AvgIpc) is 1.81. The summed E-state index contributed by atoms with van der Waals surface area (Å²) in [7, 11) is 0. The fourth-order valence-corrected chi connectivity index (χ4v) is 1.05. The van der Waals surface area contributed by atoms with E-state index < -0.39 is 0 Å². The minimum atomic E-state index is -0.288. The van der Waals surface area contributed by atoms with Gasteiger partial charge in [0.25, 0.3) is 0 Å². The van der Waals surface area contributed by atoms with Gasteiger partial charge >= 0.3 is 0 Å². The van der Waals surface area contributed by atoms with Crippen LogP contribution in [0.2, 0.25) is 0 Å². The first kappa shape index (κ1) is 9.57. The van der Waals surface area contributed by atoms with Gasteiger partial charge in [-0.25, -0.2) is 0 Å². The number of allylic oxidation sites excluding steroid dienone is 1. The van der Waals surface area contributed by atoms with E-state index in [1.807, 2.05) is 26.0 Å². The molecule has 0 aromatic carbocycles. The Morgan fingerprint density at radius 2 is 1.90 bits per heavy atom. The maximum absolute atomic E-state index is 9.22. The molecule has 0 aliphatic heterocycles. The van der Waals surface area contributed by atoms with Gasteiger partial charge in [-0.05, 0) is 20.8 Å². The van der Waals surface area contributed by atoms with Gasteiger partial charge in [0.15, 0.2) is 0 Å². The van der Waals surface area contributed by atoms with Gasteiger partial charge in [-0.1, -0.05) is 12.2 Å². The van der Waals surface area contributed by atoms with Crippen LogP contribution in [0.3, 0.4) is 0 Å². The van der Waals surface area contributed by atoms with Crippen LogP contribution in [0.15, 0.2) is 12.2 Å². The molecule has 0 saturated carbocycles. The summed E-state index contributed by atoms with van der Waals surface area (Å²) in [5.41, 5.74) is 0. The summed E-state index contributed by atoms with van der Waals surface area (Å²) in [5, 5.41) is 9.22. The van der Waals surface area contributed by atoms with Crippen molar-refractivity contribution in [1.29, 1.82) is 0 Å². The standard InChI is InChI=1S/C9H17O/c1-5-6-9(7(2)3)8(4)10/h5-10H,2H2,1,3-4H3/q+1/b6-5-. The largest absolute Gasteiger partial charge is 0.393 e. The molecular weight excluding hydrogens is 124 g/mol. The van der Waals surface area contributed by atoms with Crippen LogP contribution in [0.25, 0.3) is 0 Å². The minimum absolute atomic E-state index is 0.199. The summed E-state index contributed by atoms with van der Waals surface area (Å²) in [6, 6.07) is 0. The van der Waals surface area contributed by atoms with E-state index in [9.17, 15) is 5.11 Å². The third kappa shape index (κ3) is 2.92. The molecule has 10 heavy (non-hydrogen) atoms. The Labute approximate surface area is 63.8 Å². The van der Waals surface area contributed by atoms with Gasteiger partial charge in [-0.15, -0.1) is 0 Å². The first-order chi connectivity index (χ1) is 4.59. The highest BCUT2D eigenvalue weighted by molar-refractivity contribution is 4.91. The van der Waals surface area contributed by atoms with Crippen molar-refractivity contribution in [3.63, 3.8) is 0 Å². The van der Waals surface area contributed by atoms with E-state index in [2.05, 4.69) is 6.92 Å². The van der Waals surface area contributed by atoms with E-state index >= 15 is 0 Å². The van der Waals surface area contributed by atoms with Crippen molar-refractivity contribution in [2.45, 2.75) is 26.9 Å². The summed E-state index contributed by atoms with van der Waals surface area (Å²) in [6.45, 7) is 9.63. The SMILES string of the molecule is [CH2+]C(C)C(/C=C\C)C(C)O. The maximum atomic E-state index is 9.22. The minimum Gasteiger partial charge on any atom is -0.393 e. The first-order valence-corrected chi connectivity index (χ1v) is 3.73. The molecule has 0 aromatic heterocycles. The number of aliphatic hydroxyl groups is 1. The molecule has 1 N–H and O–H groups in total. The summed E-state index contributed by atoms with van der Waals surface area (Å²) in [6.07, 6.45) is 3.67. The van der Waals surface area contributed by atoms with E-state index in [1.165, 1.54) is 0 Å². The first-order valence-electron chi connectivity index (χ1n) is 3.73. The lowest BCUT2D eigenvalue weighted by Crippen LogP contribution is -2.19. The Morgan fingerprint density at radius 3 is 2.00 bits per heavy atom. The molecule has 1 heteroatoms. The van der Waals surface area contributed by atoms with Crippen molar-refractivity contribution < 1.29 is 5.11 Å². The molecule has 0 radical (unpaired) electrons. The third-order valence-electron chi connectivity index (χ3n) is 1.63. The number of hydrogen-bond acceptors (Lipinski definition) is 1. The summed E-state index contributed by atoms with van der Waals surface area (Å²) in [5.74, 6) is 0.473. The fourth-order valence-electron chi connectivity index (χ4n) is 1.05. The zero-order valence-corrected chi connectivity index (χ0v) is 7.04. The second-order valence-electron chi connectivity index (χ2n) is 2.82. The highest BCUT2D eigenvalue weighted by atomic mass is 16.3. The van der Waals surface area contributed by atoms with Crippen molar-refractivity contribution in [3.05, 3.63) is 19.1 Å². The molecule has 0 spiro atoms. The van der Waals surface area contributed by atoms with Crippen molar-refractivity contribution in [2.75, 3.05) is 0 Å². The zero-order chi connectivity index (χ0) is 8.15. The van der Waals surface area contributed by atoms with Crippen molar-refractivity contribution >= 4 is 0 Å². The topological polar surface area (TPSA) is 20.2 Å². The van der Waals surface area contributed by atoms with Crippen LogP contribution in [0, 0.1) is 18.8 Å². The average molecular weight is 141 g/mol. The highest BCUT2D eigenvalue weighted by Gasteiger charge is 2.19. The highest BCUT2D eigenvalue weighted by Crippen LogP contribution is 2.15. The molecule has 58 valence electrons. The molecule has 0 amide bonds. The molecule has 0 bridgehead atoms. The number of aliphatic hydroxyl groups excluding tert-OH is 1. The lowest BCUT2D eigenvalue weighted by Gasteiger charge is -2.14. The Bertz CT molecular complexity index is 95.3. The third-order valence-corrected chi connectivity index (χ3v) is 1.63. The van der Waals surface area contributed by atoms with Crippen LogP contribution < -0.4 is 0 Å². The predicted molar refractivity (Wildman–Crippen MR) is 44.5 cm³/mol. The molecule has 0 saturated heterocycles. The maximum Gasteiger partial charge on any atom is 0.101 e. The van der Waals surface area contributed by atoms with E-state index in [0.717, 1.165) is 0 Å². The Hall–Kier alpha value is -0.430. The normalized spacial score (nSPS) is 20.8. The quantitative estimate of drug-likeness (QED) is 0.471. The molecule has 0 aliphatic rings. The molecule has 0 aliphatic carbocycles. The van der Waals surface area contributed by atoms with Crippen molar-refractivity contribution in [1.82, 2.24) is 0 Å². The van der Waals surface area contributed by atoms with Crippen molar-refractivity contribution in [3.8, 4) is 0 Å². The molecule has 0 fully saturated rings. The summed E-state index contributed by atoms with van der Waals surface area (Å²) >= 11 is 0. The molecule has 0 aromatic rings. The molecular formula is C9H17O+. The monoisotopic (exact) mass is 141 g/mol. The van der Waals surface area contributed by atoms with Gasteiger partial charge < -0.3 is 5.11 Å². The fraction of sp³-hybridized carbons (Fsp3) is 0.667. The van der Waals surface area contributed by atoms with E-state index in [1.54, 1.807) is 6.92 Å².